The molecule has 2 aromatic carbocycles. The van der Waals surface area contributed by atoms with E-state index in [0.29, 0.717) is 12.9 Å². The van der Waals surface area contributed by atoms with Crippen LogP contribution in [0.15, 0.2) is 84.0 Å². The first-order chi connectivity index (χ1) is 14.1. The highest BCUT2D eigenvalue weighted by Gasteiger charge is 2.59. The van der Waals surface area contributed by atoms with Crippen LogP contribution in [0.4, 0.5) is 0 Å². The minimum Gasteiger partial charge on any atom is -0.486 e. The van der Waals surface area contributed by atoms with E-state index in [-0.39, 0.29) is 13.2 Å². The number of rotatable bonds is 9. The van der Waals surface area contributed by atoms with Gasteiger partial charge >= 0.3 is 0 Å². The number of carbonyl (C=O) groups is 1. The molecule has 0 aliphatic carbocycles. The number of aliphatic hydroxyl groups excluding tert-OH is 1. The second-order valence-electron chi connectivity index (χ2n) is 7.47. The summed E-state index contributed by atoms with van der Waals surface area (Å²) in [5.41, 5.74) is 0.888. The van der Waals surface area contributed by atoms with Crippen LogP contribution in [0.1, 0.15) is 12.5 Å². The quantitative estimate of drug-likeness (QED) is 0.524. The third kappa shape index (κ3) is 3.48. The molecule has 0 amide bonds. The molecule has 0 fully saturated rings. The summed E-state index contributed by atoms with van der Waals surface area (Å²) in [5.74, 6) is 0.724. The maximum Gasteiger partial charge on any atom is 0.293 e. The number of ether oxygens (including phenoxy) is 3. The summed E-state index contributed by atoms with van der Waals surface area (Å²) in [7, 11) is 0. The van der Waals surface area contributed by atoms with E-state index in [1.165, 1.54) is 0 Å². The van der Waals surface area contributed by atoms with Crippen LogP contribution in [0.5, 0.6) is 5.75 Å². The van der Waals surface area contributed by atoms with Crippen LogP contribution in [0.2, 0.25) is 0 Å². The fourth-order valence-corrected chi connectivity index (χ4v) is 4.27. The van der Waals surface area contributed by atoms with E-state index in [1.807, 2.05) is 79.7 Å². The molecule has 4 rings (SSSR count). The molecule has 0 saturated carbocycles. The van der Waals surface area contributed by atoms with Crippen molar-refractivity contribution in [1.29, 1.82) is 0 Å². The molecule has 3 unspecified atom stereocenters. The highest BCUT2D eigenvalue weighted by Crippen LogP contribution is 2.52. The number of aliphatic hydroxyl groups is 1. The van der Waals surface area contributed by atoms with Gasteiger partial charge in [0.2, 0.25) is 0 Å². The molecule has 0 radical (unpaired) electrons. The van der Waals surface area contributed by atoms with Crippen LogP contribution in [0.25, 0.3) is 0 Å². The third-order valence-corrected chi connectivity index (χ3v) is 5.68. The smallest absolute Gasteiger partial charge is 0.293 e. The van der Waals surface area contributed by atoms with Gasteiger partial charge in [-0.25, -0.2) is 0 Å². The van der Waals surface area contributed by atoms with E-state index < -0.39 is 17.3 Å². The molecule has 1 N–H and O–H groups in total. The standard InChI is InChI=1S/C24H24O5/c1-23-12-13-24(29-23,21(16-27-17-26)20(23)15-25)22(14-18-8-4-2-5-9-18)28-19-10-6-3-7-11-19/h2-13,17,22,25H,14-16H2,1H3. The fraction of sp³-hybridized carbons (Fsp3) is 0.292. The Morgan fingerprint density at radius 2 is 1.72 bits per heavy atom. The van der Waals surface area contributed by atoms with Gasteiger partial charge in [-0.05, 0) is 42.3 Å². The third-order valence-electron chi connectivity index (χ3n) is 5.68. The van der Waals surface area contributed by atoms with Gasteiger partial charge in [-0.1, -0.05) is 48.5 Å². The van der Waals surface area contributed by atoms with E-state index >= 15 is 0 Å². The minimum absolute atomic E-state index is 0.0444. The lowest BCUT2D eigenvalue weighted by Crippen LogP contribution is -2.48. The van der Waals surface area contributed by atoms with Gasteiger partial charge in [0.05, 0.1) is 6.61 Å². The number of fused-ring (bicyclic) bond motifs is 2. The van der Waals surface area contributed by atoms with Gasteiger partial charge in [-0.15, -0.1) is 0 Å². The zero-order valence-corrected chi connectivity index (χ0v) is 16.3. The molecule has 5 nitrogen and oxygen atoms in total. The monoisotopic (exact) mass is 392 g/mol. The normalized spacial score (nSPS) is 25.9. The van der Waals surface area contributed by atoms with Gasteiger partial charge in [0.1, 0.15) is 29.7 Å². The molecule has 0 spiro atoms. The van der Waals surface area contributed by atoms with Gasteiger partial charge in [0.25, 0.3) is 6.47 Å². The van der Waals surface area contributed by atoms with Crippen molar-refractivity contribution in [1.82, 2.24) is 0 Å². The average molecular weight is 392 g/mol. The number of carbonyl (C=O) groups excluding carboxylic acids is 1. The van der Waals surface area contributed by atoms with E-state index in [0.717, 1.165) is 22.5 Å². The predicted octanol–water partition coefficient (Wildman–Crippen LogP) is 3.24. The maximum atomic E-state index is 10.9. The summed E-state index contributed by atoms with van der Waals surface area (Å²) < 4.78 is 18.0. The Morgan fingerprint density at radius 3 is 2.38 bits per heavy atom. The molecule has 2 aliphatic rings. The van der Waals surface area contributed by atoms with Gasteiger partial charge in [-0.2, -0.15) is 0 Å². The molecule has 29 heavy (non-hydrogen) atoms. The minimum atomic E-state index is -0.929. The van der Waals surface area contributed by atoms with Crippen molar-refractivity contribution in [2.75, 3.05) is 13.2 Å². The summed E-state index contributed by atoms with van der Waals surface area (Å²) in [6.45, 7) is 2.19. The van der Waals surface area contributed by atoms with Crippen LogP contribution in [-0.4, -0.2) is 42.1 Å². The van der Waals surface area contributed by atoms with Crippen molar-refractivity contribution in [2.45, 2.75) is 30.7 Å². The Labute approximate surface area is 170 Å². The lowest BCUT2D eigenvalue weighted by atomic mass is 9.78. The number of hydrogen-bond donors (Lipinski definition) is 1. The van der Waals surface area contributed by atoms with Gasteiger partial charge in [0.15, 0.2) is 0 Å². The zero-order valence-electron chi connectivity index (χ0n) is 16.3. The molecule has 150 valence electrons. The van der Waals surface area contributed by atoms with Crippen LogP contribution in [0.3, 0.4) is 0 Å². The molecule has 2 heterocycles. The first kappa shape index (κ1) is 19.4. The van der Waals surface area contributed by atoms with Gasteiger partial charge < -0.3 is 19.3 Å². The lowest BCUT2D eigenvalue weighted by molar-refractivity contribution is -0.128. The molecule has 3 atom stereocenters. The van der Waals surface area contributed by atoms with Crippen molar-refractivity contribution in [2.24, 2.45) is 0 Å². The van der Waals surface area contributed by atoms with E-state index in [9.17, 15) is 9.90 Å². The maximum absolute atomic E-state index is 10.9. The van der Waals surface area contributed by atoms with Crippen LogP contribution in [-0.2, 0) is 20.7 Å². The van der Waals surface area contributed by atoms with E-state index in [4.69, 9.17) is 14.2 Å². The second-order valence-corrected chi connectivity index (χ2v) is 7.47. The lowest BCUT2D eigenvalue weighted by Gasteiger charge is -2.36. The van der Waals surface area contributed by atoms with Crippen LogP contribution < -0.4 is 4.74 Å². The first-order valence-corrected chi connectivity index (χ1v) is 9.66. The Hall–Kier alpha value is -2.89. The zero-order chi connectivity index (χ0) is 20.3. The van der Waals surface area contributed by atoms with E-state index in [2.05, 4.69) is 0 Å². The van der Waals surface area contributed by atoms with Gasteiger partial charge in [0, 0.05) is 12.0 Å². The highest BCUT2D eigenvalue weighted by atomic mass is 16.6. The summed E-state index contributed by atoms with van der Waals surface area (Å²) in [5, 5.41) is 10.0. The summed E-state index contributed by atoms with van der Waals surface area (Å²) >= 11 is 0. The molecular formula is C24H24O5. The number of para-hydroxylation sites is 1. The fourth-order valence-electron chi connectivity index (χ4n) is 4.27. The SMILES string of the molecule is CC12C=CC(C(Cc3ccccc3)Oc3ccccc3)(O1)C(COC=O)=C2CO. The summed E-state index contributed by atoms with van der Waals surface area (Å²) in [4.78, 5) is 10.9. The molecule has 2 aliphatic heterocycles. The summed E-state index contributed by atoms with van der Waals surface area (Å²) in [6.07, 6.45) is 4.10. The molecule has 0 saturated heterocycles. The largest absolute Gasteiger partial charge is 0.486 e. The summed E-state index contributed by atoms with van der Waals surface area (Å²) in [6, 6.07) is 19.6. The Balaban J connectivity index is 1.76. The Bertz CT molecular complexity index is 879. The molecule has 0 aromatic heterocycles. The molecule has 5 heteroatoms. The Morgan fingerprint density at radius 1 is 1.03 bits per heavy atom. The molecule has 2 bridgehead atoms. The van der Waals surface area contributed by atoms with Crippen molar-refractivity contribution < 1.29 is 24.1 Å². The van der Waals surface area contributed by atoms with Crippen LogP contribution >= 0.6 is 0 Å². The second kappa shape index (κ2) is 7.85. The van der Waals surface area contributed by atoms with Crippen molar-refractivity contribution in [3.8, 4) is 5.75 Å². The molecular weight excluding hydrogens is 368 g/mol. The number of hydrogen-bond acceptors (Lipinski definition) is 5. The predicted molar refractivity (Wildman–Crippen MR) is 108 cm³/mol. The highest BCUT2D eigenvalue weighted by molar-refractivity contribution is 5.53. The van der Waals surface area contributed by atoms with Crippen LogP contribution in [0, 0.1) is 0 Å². The van der Waals surface area contributed by atoms with Crippen molar-refractivity contribution in [3.05, 3.63) is 89.5 Å². The first-order valence-electron chi connectivity index (χ1n) is 9.66. The van der Waals surface area contributed by atoms with Crippen molar-refractivity contribution >= 4 is 6.47 Å². The van der Waals surface area contributed by atoms with Gasteiger partial charge in [-0.3, -0.25) is 4.79 Å². The van der Waals surface area contributed by atoms with Crippen molar-refractivity contribution in [3.63, 3.8) is 0 Å². The average Bonchev–Trinajstić information content (AvgIpc) is 3.23. The number of benzene rings is 2. The molecule has 2 aromatic rings. The topological polar surface area (TPSA) is 65.0 Å². The van der Waals surface area contributed by atoms with E-state index in [1.54, 1.807) is 0 Å². The Kier molecular flexibility index (Phi) is 5.26.